The smallest absolute Gasteiger partial charge is 0.229 e. The predicted octanol–water partition coefficient (Wildman–Crippen LogP) is 1.35. The highest BCUT2D eigenvalue weighted by Crippen LogP contribution is 2.18. The van der Waals surface area contributed by atoms with Gasteiger partial charge < -0.3 is 15.4 Å². The van der Waals surface area contributed by atoms with E-state index >= 15 is 0 Å². The highest BCUT2D eigenvalue weighted by Gasteiger charge is 2.22. The molecular formula is C11H21N3O2S. The molecule has 0 spiro atoms. The molecule has 17 heavy (non-hydrogen) atoms. The van der Waals surface area contributed by atoms with Gasteiger partial charge >= 0.3 is 0 Å². The molecule has 0 fully saturated rings. The Morgan fingerprint density at radius 2 is 2.29 bits per heavy atom. The molecule has 0 aromatic carbocycles. The molecule has 0 saturated carbocycles. The molecule has 5 nitrogen and oxygen atoms in total. The van der Waals surface area contributed by atoms with Crippen LogP contribution < -0.4 is 5.73 Å². The first-order valence-corrected chi connectivity index (χ1v) is 6.87. The van der Waals surface area contributed by atoms with Gasteiger partial charge in [0.15, 0.2) is 5.82 Å². The van der Waals surface area contributed by atoms with E-state index in [1.165, 1.54) is 0 Å². The van der Waals surface area contributed by atoms with Crippen molar-refractivity contribution in [1.82, 2.24) is 10.1 Å². The van der Waals surface area contributed by atoms with Crippen molar-refractivity contribution in [3.63, 3.8) is 0 Å². The van der Waals surface area contributed by atoms with Gasteiger partial charge in [-0.15, -0.1) is 0 Å². The van der Waals surface area contributed by atoms with Gasteiger partial charge in [0.05, 0.1) is 17.8 Å². The first-order valence-electron chi connectivity index (χ1n) is 5.82. The van der Waals surface area contributed by atoms with Crippen molar-refractivity contribution in [2.75, 3.05) is 6.54 Å². The Kier molecular flexibility index (Phi) is 5.42. The van der Waals surface area contributed by atoms with E-state index in [9.17, 15) is 5.11 Å². The number of rotatable bonds is 7. The standard InChI is InChI=1S/C11H21N3O2S/c1-4-8(2)17-6-9-13-10(16-14-9)5-11(3,15)7-12/h8,15H,4-7,12H2,1-3H3. The van der Waals surface area contributed by atoms with Crippen LogP contribution >= 0.6 is 11.8 Å². The molecule has 0 radical (unpaired) electrons. The van der Waals surface area contributed by atoms with E-state index in [-0.39, 0.29) is 6.54 Å². The number of hydrogen-bond donors (Lipinski definition) is 2. The summed E-state index contributed by atoms with van der Waals surface area (Å²) in [5.74, 6) is 1.86. The minimum atomic E-state index is -0.979. The van der Waals surface area contributed by atoms with Crippen LogP contribution in [0.1, 0.15) is 38.9 Å². The molecule has 6 heteroatoms. The number of nitrogens with two attached hydrogens (primary N) is 1. The van der Waals surface area contributed by atoms with Crippen LogP contribution in [0.3, 0.4) is 0 Å². The second-order valence-electron chi connectivity index (χ2n) is 4.51. The van der Waals surface area contributed by atoms with E-state index < -0.39 is 5.60 Å². The molecular weight excluding hydrogens is 238 g/mol. The topological polar surface area (TPSA) is 85.2 Å². The Labute approximate surface area is 106 Å². The summed E-state index contributed by atoms with van der Waals surface area (Å²) < 4.78 is 5.08. The fourth-order valence-corrected chi connectivity index (χ4v) is 1.94. The van der Waals surface area contributed by atoms with Crippen LogP contribution in [0.25, 0.3) is 0 Å². The quantitative estimate of drug-likeness (QED) is 0.769. The molecule has 2 unspecified atom stereocenters. The van der Waals surface area contributed by atoms with E-state index in [1.54, 1.807) is 18.7 Å². The second kappa shape index (κ2) is 6.37. The number of nitrogens with zero attached hydrogens (tertiary/aromatic N) is 2. The third-order valence-corrected chi connectivity index (χ3v) is 3.88. The molecule has 1 aromatic rings. The highest BCUT2D eigenvalue weighted by atomic mass is 32.2. The van der Waals surface area contributed by atoms with Crippen molar-refractivity contribution in [2.24, 2.45) is 5.73 Å². The van der Waals surface area contributed by atoms with Crippen LogP contribution in [0.5, 0.6) is 0 Å². The summed E-state index contributed by atoms with van der Waals surface area (Å²) in [6, 6.07) is 0. The second-order valence-corrected chi connectivity index (χ2v) is 5.94. The van der Waals surface area contributed by atoms with Gasteiger partial charge in [-0.05, 0) is 13.3 Å². The molecule has 3 N–H and O–H groups in total. The molecule has 1 heterocycles. The third-order valence-electron chi connectivity index (χ3n) is 2.55. The number of thioether (sulfide) groups is 1. The zero-order valence-electron chi connectivity index (χ0n) is 10.6. The Morgan fingerprint density at radius 1 is 1.59 bits per heavy atom. The first kappa shape index (κ1) is 14.5. The third kappa shape index (κ3) is 5.06. The minimum absolute atomic E-state index is 0.173. The molecule has 98 valence electrons. The van der Waals surface area contributed by atoms with Gasteiger partial charge in [-0.25, -0.2) is 0 Å². The molecule has 0 aliphatic heterocycles. The summed E-state index contributed by atoms with van der Waals surface area (Å²) >= 11 is 1.79. The maximum Gasteiger partial charge on any atom is 0.229 e. The molecule has 1 aromatic heterocycles. The molecule has 2 atom stereocenters. The molecule has 0 aliphatic rings. The Hall–Kier alpha value is -0.590. The average Bonchev–Trinajstić information content (AvgIpc) is 2.73. The summed E-state index contributed by atoms with van der Waals surface area (Å²) in [5.41, 5.74) is 4.45. The van der Waals surface area contributed by atoms with Crippen molar-refractivity contribution in [1.29, 1.82) is 0 Å². The van der Waals surface area contributed by atoms with Gasteiger partial charge in [0.2, 0.25) is 5.89 Å². The van der Waals surface area contributed by atoms with Crippen LogP contribution in [0.4, 0.5) is 0 Å². The van der Waals surface area contributed by atoms with E-state index in [0.29, 0.717) is 23.4 Å². The zero-order chi connectivity index (χ0) is 12.9. The van der Waals surface area contributed by atoms with Crippen molar-refractivity contribution >= 4 is 11.8 Å². The van der Waals surface area contributed by atoms with E-state index in [2.05, 4.69) is 24.0 Å². The highest BCUT2D eigenvalue weighted by molar-refractivity contribution is 7.99. The summed E-state index contributed by atoms with van der Waals surface area (Å²) in [4.78, 5) is 4.24. The summed E-state index contributed by atoms with van der Waals surface area (Å²) in [6.45, 7) is 6.15. The zero-order valence-corrected chi connectivity index (χ0v) is 11.5. The van der Waals surface area contributed by atoms with Crippen molar-refractivity contribution in [3.05, 3.63) is 11.7 Å². The van der Waals surface area contributed by atoms with Crippen molar-refractivity contribution in [2.45, 2.75) is 50.2 Å². The molecule has 0 bridgehead atoms. The van der Waals surface area contributed by atoms with E-state index in [4.69, 9.17) is 10.3 Å². The van der Waals surface area contributed by atoms with Gasteiger partial charge in [0.1, 0.15) is 0 Å². The van der Waals surface area contributed by atoms with Gasteiger partial charge in [-0.3, -0.25) is 0 Å². The lowest BCUT2D eigenvalue weighted by atomic mass is 10.0. The first-order chi connectivity index (χ1) is 7.96. The lowest BCUT2D eigenvalue weighted by molar-refractivity contribution is 0.0610. The lowest BCUT2D eigenvalue weighted by Crippen LogP contribution is -2.36. The summed E-state index contributed by atoms with van der Waals surface area (Å²) in [7, 11) is 0. The number of aliphatic hydroxyl groups is 1. The van der Waals surface area contributed by atoms with Gasteiger partial charge in [-0.2, -0.15) is 16.7 Å². The fourth-order valence-electron chi connectivity index (χ4n) is 1.15. The molecule has 1 rings (SSSR count). The normalized spacial score (nSPS) is 16.8. The Bertz CT molecular complexity index is 341. The van der Waals surface area contributed by atoms with E-state index in [0.717, 1.165) is 12.2 Å². The number of hydrogen-bond acceptors (Lipinski definition) is 6. The molecule has 0 saturated heterocycles. The summed E-state index contributed by atoms with van der Waals surface area (Å²) in [6.07, 6.45) is 1.42. The SMILES string of the molecule is CCC(C)SCc1noc(CC(C)(O)CN)n1. The largest absolute Gasteiger partial charge is 0.388 e. The van der Waals surface area contributed by atoms with Gasteiger partial charge in [0.25, 0.3) is 0 Å². The number of aromatic nitrogens is 2. The molecule has 0 aliphatic carbocycles. The van der Waals surface area contributed by atoms with Crippen molar-refractivity contribution < 1.29 is 9.63 Å². The van der Waals surface area contributed by atoms with Crippen LogP contribution in [0.15, 0.2) is 4.52 Å². The Balaban J connectivity index is 2.48. The van der Waals surface area contributed by atoms with Gasteiger partial charge in [0, 0.05) is 11.8 Å². The van der Waals surface area contributed by atoms with Crippen LogP contribution in [-0.4, -0.2) is 32.6 Å². The average molecular weight is 259 g/mol. The molecule has 0 amide bonds. The van der Waals surface area contributed by atoms with Crippen LogP contribution in [0, 0.1) is 0 Å². The van der Waals surface area contributed by atoms with Gasteiger partial charge in [-0.1, -0.05) is 19.0 Å². The van der Waals surface area contributed by atoms with Crippen LogP contribution in [0.2, 0.25) is 0 Å². The predicted molar refractivity (Wildman–Crippen MR) is 68.7 cm³/mol. The van der Waals surface area contributed by atoms with Crippen LogP contribution in [-0.2, 0) is 12.2 Å². The minimum Gasteiger partial charge on any atom is -0.388 e. The maximum absolute atomic E-state index is 9.78. The Morgan fingerprint density at radius 3 is 2.88 bits per heavy atom. The van der Waals surface area contributed by atoms with E-state index in [1.807, 2.05) is 0 Å². The fraction of sp³-hybridized carbons (Fsp3) is 0.818. The monoisotopic (exact) mass is 259 g/mol. The van der Waals surface area contributed by atoms with Crippen molar-refractivity contribution in [3.8, 4) is 0 Å². The maximum atomic E-state index is 9.78. The lowest BCUT2D eigenvalue weighted by Gasteiger charge is -2.17. The summed E-state index contributed by atoms with van der Waals surface area (Å²) in [5, 5.41) is 14.3.